The summed E-state index contributed by atoms with van der Waals surface area (Å²) in [6, 6.07) is 0. The summed E-state index contributed by atoms with van der Waals surface area (Å²) in [7, 11) is 0. The summed E-state index contributed by atoms with van der Waals surface area (Å²) in [6.45, 7) is 9.91. The Bertz CT molecular complexity index is 670. The predicted octanol–water partition coefficient (Wildman–Crippen LogP) is 1.94. The van der Waals surface area contributed by atoms with E-state index in [1.54, 1.807) is 6.92 Å². The molecule has 2 fully saturated rings. The lowest BCUT2D eigenvalue weighted by molar-refractivity contribution is -0.185. The molecule has 8 nitrogen and oxygen atoms in total. The number of hydrogen-bond acceptors (Lipinski definition) is 7. The molecule has 4 N–H and O–H groups in total. The van der Waals surface area contributed by atoms with Crippen LogP contribution < -0.4 is 0 Å². The number of carboxylic acid groups (broad SMARTS) is 1. The molecular formula is C22H36O8. The van der Waals surface area contributed by atoms with Gasteiger partial charge in [0.25, 0.3) is 0 Å². The van der Waals surface area contributed by atoms with Crippen LogP contribution in [-0.2, 0) is 19.1 Å². The first-order valence-electron chi connectivity index (χ1n) is 10.6. The van der Waals surface area contributed by atoms with Crippen LogP contribution in [-0.4, -0.2) is 67.5 Å². The van der Waals surface area contributed by atoms with Crippen LogP contribution in [0.2, 0.25) is 0 Å². The van der Waals surface area contributed by atoms with Gasteiger partial charge in [0.05, 0.1) is 23.4 Å². The van der Waals surface area contributed by atoms with Crippen LogP contribution in [0, 0.1) is 5.92 Å². The van der Waals surface area contributed by atoms with Gasteiger partial charge in [-0.05, 0) is 71.6 Å². The maximum absolute atomic E-state index is 11.7. The third kappa shape index (κ3) is 5.60. The second-order valence-corrected chi connectivity index (χ2v) is 9.63. The fourth-order valence-electron chi connectivity index (χ4n) is 4.57. The second-order valence-electron chi connectivity index (χ2n) is 9.63. The van der Waals surface area contributed by atoms with Crippen molar-refractivity contribution < 1.29 is 39.5 Å². The molecule has 0 aromatic heterocycles. The Morgan fingerprint density at radius 2 is 1.63 bits per heavy atom. The van der Waals surface area contributed by atoms with E-state index in [4.69, 9.17) is 9.47 Å². The molecule has 0 aromatic rings. The standard InChI is InChI=1S/C22H36O8/c1-13(19(25)26)15-6-9-21(4,28)17-8-11-22(5,30-17)18(29-14(2)23)7-10-20(3,27)16(24)12-15/h15-18,24,27-28H,1,6-12H2,2-5H3,(H,25,26)/t15-,16+,17+,18+,20+,21-,22-/m1/s1. The first-order valence-corrected chi connectivity index (χ1v) is 10.6. The van der Waals surface area contributed by atoms with E-state index in [-0.39, 0.29) is 37.7 Å². The molecule has 0 saturated carbocycles. The Morgan fingerprint density at radius 3 is 2.20 bits per heavy atom. The van der Waals surface area contributed by atoms with Crippen LogP contribution in [0.1, 0.15) is 72.6 Å². The Kier molecular flexibility index (Phi) is 7.39. The lowest BCUT2D eigenvalue weighted by Crippen LogP contribution is -2.47. The Morgan fingerprint density at radius 1 is 1.03 bits per heavy atom. The van der Waals surface area contributed by atoms with Crippen LogP contribution in [0.4, 0.5) is 0 Å². The molecule has 0 unspecified atom stereocenters. The van der Waals surface area contributed by atoms with Crippen molar-refractivity contribution in [1.82, 2.24) is 0 Å². The average Bonchev–Trinajstić information content (AvgIpc) is 3.04. The third-order valence-corrected chi connectivity index (χ3v) is 6.90. The van der Waals surface area contributed by atoms with Gasteiger partial charge in [-0.3, -0.25) is 4.79 Å². The largest absolute Gasteiger partial charge is 0.478 e. The second kappa shape index (κ2) is 8.94. The molecular weight excluding hydrogens is 392 g/mol. The van der Waals surface area contributed by atoms with E-state index in [0.717, 1.165) is 0 Å². The summed E-state index contributed by atoms with van der Waals surface area (Å²) in [5.41, 5.74) is -3.66. The number of esters is 1. The SMILES string of the molecule is C=C(C(=O)O)[C@@H]1CC[C@@](C)(O)[C@@H]2CC[C@@](C)(O2)[C@@H](OC(C)=O)CC[C@](C)(O)[C@@H](O)C1. The van der Waals surface area contributed by atoms with Gasteiger partial charge >= 0.3 is 11.9 Å². The number of carbonyl (C=O) groups is 2. The molecule has 2 rings (SSSR count). The molecule has 172 valence electrons. The number of carbonyl (C=O) groups excluding carboxylic acids is 1. The van der Waals surface area contributed by atoms with Crippen molar-refractivity contribution in [2.75, 3.05) is 0 Å². The van der Waals surface area contributed by atoms with Crippen molar-refractivity contribution in [2.24, 2.45) is 5.92 Å². The Balaban J connectivity index is 2.38. The number of aliphatic carboxylic acids is 1. The fourth-order valence-corrected chi connectivity index (χ4v) is 4.57. The highest BCUT2D eigenvalue weighted by Crippen LogP contribution is 2.43. The lowest BCUT2D eigenvalue weighted by atomic mass is 9.78. The summed E-state index contributed by atoms with van der Waals surface area (Å²) in [5.74, 6) is -2.26. The zero-order chi connectivity index (χ0) is 22.9. The summed E-state index contributed by atoms with van der Waals surface area (Å²) < 4.78 is 11.7. The van der Waals surface area contributed by atoms with Gasteiger partial charge in [0.2, 0.25) is 0 Å². The van der Waals surface area contributed by atoms with Gasteiger partial charge in [0.1, 0.15) is 11.7 Å². The van der Waals surface area contributed by atoms with Crippen molar-refractivity contribution in [2.45, 2.75) is 108 Å². The van der Waals surface area contributed by atoms with Crippen LogP contribution >= 0.6 is 0 Å². The molecule has 7 atom stereocenters. The van der Waals surface area contributed by atoms with Gasteiger partial charge in [0, 0.05) is 12.5 Å². The smallest absolute Gasteiger partial charge is 0.331 e. The first kappa shape index (κ1) is 24.8. The molecule has 2 saturated heterocycles. The number of fused-ring (bicyclic) bond motifs is 2. The minimum Gasteiger partial charge on any atom is -0.478 e. The molecule has 2 heterocycles. The van der Waals surface area contributed by atoms with Crippen LogP contribution in [0.25, 0.3) is 0 Å². The van der Waals surface area contributed by atoms with E-state index in [1.807, 2.05) is 6.92 Å². The van der Waals surface area contributed by atoms with E-state index in [0.29, 0.717) is 12.8 Å². The minimum atomic E-state index is -1.53. The van der Waals surface area contributed by atoms with Crippen molar-refractivity contribution in [3.8, 4) is 0 Å². The number of ether oxygens (including phenoxy) is 2. The molecule has 30 heavy (non-hydrogen) atoms. The number of rotatable bonds is 3. The highest BCUT2D eigenvalue weighted by atomic mass is 16.6. The van der Waals surface area contributed by atoms with Gasteiger partial charge in [-0.2, -0.15) is 0 Å². The summed E-state index contributed by atoms with van der Waals surface area (Å²) >= 11 is 0. The number of aliphatic hydroxyl groups is 3. The summed E-state index contributed by atoms with van der Waals surface area (Å²) in [5, 5.41) is 42.1. The zero-order valence-electron chi connectivity index (χ0n) is 18.4. The Labute approximate surface area is 177 Å². The van der Waals surface area contributed by atoms with Gasteiger partial charge in [-0.25, -0.2) is 4.79 Å². The lowest BCUT2D eigenvalue weighted by Gasteiger charge is -2.37. The molecule has 0 aliphatic carbocycles. The highest BCUT2D eigenvalue weighted by Gasteiger charge is 2.50. The topological polar surface area (TPSA) is 134 Å². The fraction of sp³-hybridized carbons (Fsp3) is 0.818. The van der Waals surface area contributed by atoms with Gasteiger partial charge in [-0.1, -0.05) is 6.58 Å². The van der Waals surface area contributed by atoms with Crippen molar-refractivity contribution >= 4 is 11.9 Å². The molecule has 0 amide bonds. The molecule has 0 spiro atoms. The maximum Gasteiger partial charge on any atom is 0.331 e. The summed E-state index contributed by atoms with van der Waals surface area (Å²) in [4.78, 5) is 23.2. The van der Waals surface area contributed by atoms with Gasteiger partial charge in [0.15, 0.2) is 0 Å². The van der Waals surface area contributed by atoms with Crippen LogP contribution in [0.5, 0.6) is 0 Å². The van der Waals surface area contributed by atoms with Crippen LogP contribution in [0.15, 0.2) is 12.2 Å². The number of aliphatic hydroxyl groups excluding tert-OH is 1. The van der Waals surface area contributed by atoms with Crippen molar-refractivity contribution in [1.29, 1.82) is 0 Å². The zero-order valence-corrected chi connectivity index (χ0v) is 18.4. The van der Waals surface area contributed by atoms with Gasteiger partial charge in [-0.15, -0.1) is 0 Å². The first-order chi connectivity index (χ1) is 13.7. The molecule has 0 aromatic carbocycles. The maximum atomic E-state index is 11.7. The third-order valence-electron chi connectivity index (χ3n) is 6.90. The number of carboxylic acids is 1. The molecule has 2 aliphatic heterocycles. The van der Waals surface area contributed by atoms with E-state index in [9.17, 15) is 30.0 Å². The van der Waals surface area contributed by atoms with E-state index >= 15 is 0 Å². The monoisotopic (exact) mass is 428 g/mol. The van der Waals surface area contributed by atoms with E-state index < -0.39 is 53.0 Å². The Hall–Kier alpha value is -1.48. The van der Waals surface area contributed by atoms with Crippen molar-refractivity contribution in [3.05, 3.63) is 12.2 Å². The summed E-state index contributed by atoms with van der Waals surface area (Å²) in [6.07, 6.45) is -0.383. The number of hydrogen-bond donors (Lipinski definition) is 4. The average molecular weight is 429 g/mol. The van der Waals surface area contributed by atoms with E-state index in [2.05, 4.69) is 6.58 Å². The molecule has 2 bridgehead atoms. The molecule has 2 aliphatic rings. The van der Waals surface area contributed by atoms with Crippen molar-refractivity contribution in [3.63, 3.8) is 0 Å². The predicted molar refractivity (Wildman–Crippen MR) is 109 cm³/mol. The minimum absolute atomic E-state index is 0.00473. The highest BCUT2D eigenvalue weighted by molar-refractivity contribution is 5.86. The van der Waals surface area contributed by atoms with Gasteiger partial charge < -0.3 is 29.9 Å². The quantitative estimate of drug-likeness (QED) is 0.396. The van der Waals surface area contributed by atoms with E-state index in [1.165, 1.54) is 13.8 Å². The molecule has 8 heteroatoms. The van der Waals surface area contributed by atoms with Crippen LogP contribution in [0.3, 0.4) is 0 Å². The molecule has 0 radical (unpaired) electrons. The normalized spacial score (nSPS) is 43.0.